The summed E-state index contributed by atoms with van der Waals surface area (Å²) in [5.74, 6) is 0. The third-order valence-electron chi connectivity index (χ3n) is 5.74. The van der Waals surface area contributed by atoms with E-state index in [9.17, 15) is 0 Å². The number of hydrogen-bond acceptors (Lipinski definition) is 0. The van der Waals surface area contributed by atoms with Crippen LogP contribution in [0.2, 0.25) is 0 Å². The molecule has 0 saturated heterocycles. The highest BCUT2D eigenvalue weighted by molar-refractivity contribution is 6.32. The lowest BCUT2D eigenvalue weighted by molar-refractivity contribution is 1.16. The van der Waals surface area contributed by atoms with Gasteiger partial charge in [-0.3, -0.25) is 0 Å². The van der Waals surface area contributed by atoms with Crippen molar-refractivity contribution in [3.05, 3.63) is 72.3 Å². The molecule has 0 bridgehead atoms. The maximum absolute atomic E-state index is 2.44. The number of hydrogen-bond donors (Lipinski definition) is 0. The van der Waals surface area contributed by atoms with Gasteiger partial charge in [-0.25, -0.2) is 0 Å². The van der Waals surface area contributed by atoms with Crippen molar-refractivity contribution in [3.8, 4) is 22.3 Å². The third kappa shape index (κ3) is 1.32. The lowest BCUT2D eigenvalue weighted by atomic mass is 9.88. The summed E-state index contributed by atoms with van der Waals surface area (Å²) in [5, 5.41) is 8.48. The highest BCUT2D eigenvalue weighted by atomic mass is 14.3. The van der Waals surface area contributed by atoms with Gasteiger partial charge in [0.1, 0.15) is 0 Å². The van der Waals surface area contributed by atoms with Crippen LogP contribution in [0, 0.1) is 0 Å². The van der Waals surface area contributed by atoms with Gasteiger partial charge >= 0.3 is 0 Å². The van der Waals surface area contributed by atoms with Gasteiger partial charge in [0.25, 0.3) is 0 Å². The van der Waals surface area contributed by atoms with Gasteiger partial charge in [0, 0.05) is 0 Å². The van der Waals surface area contributed by atoms with Crippen molar-refractivity contribution in [2.75, 3.05) is 0 Å². The van der Waals surface area contributed by atoms with Gasteiger partial charge in [-0.2, -0.15) is 0 Å². The van der Waals surface area contributed by atoms with Crippen LogP contribution >= 0.6 is 0 Å². The van der Waals surface area contributed by atoms with E-state index < -0.39 is 0 Å². The summed E-state index contributed by atoms with van der Waals surface area (Å²) in [6.07, 6.45) is 1.07. The minimum Gasteiger partial charge on any atom is -0.0616 e. The molecule has 0 N–H and O–H groups in total. The van der Waals surface area contributed by atoms with Crippen LogP contribution in [-0.2, 0) is 6.42 Å². The number of benzene rings is 5. The zero-order valence-electron chi connectivity index (χ0n) is 13.6. The first-order valence-corrected chi connectivity index (χ1v) is 8.70. The fourth-order valence-electron chi connectivity index (χ4n) is 4.66. The Morgan fingerprint density at radius 2 is 1.25 bits per heavy atom. The first-order valence-electron chi connectivity index (χ1n) is 8.70. The molecule has 24 heavy (non-hydrogen) atoms. The molecule has 6 rings (SSSR count). The molecule has 0 spiro atoms. The van der Waals surface area contributed by atoms with Crippen LogP contribution in [0.15, 0.2) is 66.7 Å². The number of fused-ring (bicyclic) bond motifs is 3. The second-order valence-corrected chi connectivity index (χ2v) is 6.85. The molecule has 0 unspecified atom stereocenters. The van der Waals surface area contributed by atoms with Gasteiger partial charge in [-0.15, -0.1) is 0 Å². The van der Waals surface area contributed by atoms with Crippen molar-refractivity contribution >= 4 is 32.3 Å². The van der Waals surface area contributed by atoms with E-state index in [4.69, 9.17) is 0 Å². The zero-order chi connectivity index (χ0) is 15.8. The third-order valence-corrected chi connectivity index (χ3v) is 5.74. The first kappa shape index (κ1) is 12.5. The number of rotatable bonds is 1. The Kier molecular flexibility index (Phi) is 2.17. The molecule has 0 radical (unpaired) electrons. The van der Waals surface area contributed by atoms with Crippen LogP contribution in [0.4, 0.5) is 0 Å². The van der Waals surface area contributed by atoms with E-state index in [0.717, 1.165) is 6.42 Å². The van der Waals surface area contributed by atoms with E-state index in [-0.39, 0.29) is 0 Å². The molecule has 0 atom stereocenters. The van der Waals surface area contributed by atoms with Crippen molar-refractivity contribution in [3.63, 3.8) is 0 Å². The zero-order valence-corrected chi connectivity index (χ0v) is 13.6. The fraction of sp³-hybridized carbons (Fsp3) is 0.0833. The minimum atomic E-state index is 1.07. The number of aryl methyl sites for hydroxylation is 1. The summed E-state index contributed by atoms with van der Waals surface area (Å²) >= 11 is 0. The van der Waals surface area contributed by atoms with Crippen LogP contribution < -0.4 is 0 Å². The second kappa shape index (κ2) is 4.15. The largest absolute Gasteiger partial charge is 0.0616 e. The van der Waals surface area contributed by atoms with Gasteiger partial charge in [0.05, 0.1) is 0 Å². The van der Waals surface area contributed by atoms with Crippen molar-refractivity contribution in [2.45, 2.75) is 13.3 Å². The minimum absolute atomic E-state index is 1.07. The average Bonchev–Trinajstić information content (AvgIpc) is 2.97. The van der Waals surface area contributed by atoms with E-state index in [1.807, 2.05) is 0 Å². The molecule has 0 heteroatoms. The predicted octanol–water partition coefficient (Wildman–Crippen LogP) is 6.79. The molecular weight excluding hydrogens is 288 g/mol. The summed E-state index contributed by atoms with van der Waals surface area (Å²) in [6.45, 7) is 2.25. The Labute approximate surface area is 140 Å². The van der Waals surface area contributed by atoms with Crippen molar-refractivity contribution in [1.29, 1.82) is 0 Å². The van der Waals surface area contributed by atoms with E-state index in [1.54, 1.807) is 0 Å². The van der Waals surface area contributed by atoms with E-state index in [0.29, 0.717) is 0 Å². The Morgan fingerprint density at radius 3 is 2.04 bits per heavy atom. The quantitative estimate of drug-likeness (QED) is 0.293. The molecule has 5 aromatic carbocycles. The predicted molar refractivity (Wildman–Crippen MR) is 104 cm³/mol. The molecule has 5 aromatic rings. The van der Waals surface area contributed by atoms with Gasteiger partial charge in [0.15, 0.2) is 0 Å². The van der Waals surface area contributed by atoms with E-state index in [2.05, 4.69) is 73.7 Å². The summed E-state index contributed by atoms with van der Waals surface area (Å²) in [7, 11) is 0. The molecule has 112 valence electrons. The summed E-state index contributed by atoms with van der Waals surface area (Å²) in [5.41, 5.74) is 7.01. The summed E-state index contributed by atoms with van der Waals surface area (Å²) in [6, 6.07) is 25.0. The SMILES string of the molecule is CCc1ccc2ccc3ccc4c5c(cc1c2c35)-c1ccccc1-4. The molecule has 1 aliphatic carbocycles. The Bertz CT molecular complexity index is 1270. The monoisotopic (exact) mass is 304 g/mol. The normalized spacial score (nSPS) is 12.5. The molecule has 0 fully saturated rings. The second-order valence-electron chi connectivity index (χ2n) is 6.85. The Balaban J connectivity index is 1.99. The Morgan fingerprint density at radius 1 is 0.583 bits per heavy atom. The van der Waals surface area contributed by atoms with Gasteiger partial charge in [-0.1, -0.05) is 67.6 Å². The van der Waals surface area contributed by atoms with Gasteiger partial charge in [-0.05, 0) is 72.6 Å². The maximum atomic E-state index is 2.44. The topological polar surface area (TPSA) is 0 Å². The average molecular weight is 304 g/mol. The van der Waals surface area contributed by atoms with E-state index in [1.165, 1.54) is 60.1 Å². The maximum Gasteiger partial charge on any atom is -0.00137 e. The van der Waals surface area contributed by atoms with Crippen molar-refractivity contribution < 1.29 is 0 Å². The van der Waals surface area contributed by atoms with E-state index >= 15 is 0 Å². The molecule has 0 saturated carbocycles. The highest BCUT2D eigenvalue weighted by Gasteiger charge is 2.24. The highest BCUT2D eigenvalue weighted by Crippen LogP contribution is 2.51. The molecule has 0 amide bonds. The van der Waals surface area contributed by atoms with Crippen molar-refractivity contribution in [2.24, 2.45) is 0 Å². The van der Waals surface area contributed by atoms with Crippen LogP contribution in [0.5, 0.6) is 0 Å². The molecular formula is C24H16. The lowest BCUT2D eigenvalue weighted by Gasteiger charge is -2.15. The fourth-order valence-corrected chi connectivity index (χ4v) is 4.66. The van der Waals surface area contributed by atoms with Gasteiger partial charge in [0.2, 0.25) is 0 Å². The van der Waals surface area contributed by atoms with Crippen LogP contribution in [0.1, 0.15) is 12.5 Å². The van der Waals surface area contributed by atoms with Crippen LogP contribution in [-0.4, -0.2) is 0 Å². The smallest absolute Gasteiger partial charge is 0.00137 e. The molecule has 0 aromatic heterocycles. The molecule has 0 aliphatic heterocycles. The molecule has 0 nitrogen and oxygen atoms in total. The Hall–Kier alpha value is -2.86. The van der Waals surface area contributed by atoms with Crippen LogP contribution in [0.3, 0.4) is 0 Å². The van der Waals surface area contributed by atoms with Gasteiger partial charge < -0.3 is 0 Å². The lowest BCUT2D eigenvalue weighted by Crippen LogP contribution is -1.89. The van der Waals surface area contributed by atoms with Crippen molar-refractivity contribution in [1.82, 2.24) is 0 Å². The summed E-state index contributed by atoms with van der Waals surface area (Å²) in [4.78, 5) is 0. The first-order chi connectivity index (χ1) is 11.9. The van der Waals surface area contributed by atoms with Crippen LogP contribution in [0.25, 0.3) is 54.6 Å². The molecule has 0 heterocycles. The molecule has 1 aliphatic rings. The summed E-state index contributed by atoms with van der Waals surface area (Å²) < 4.78 is 0. The standard InChI is InChI=1S/C24H16/c1-2-14-7-8-15-9-10-16-11-12-19-17-5-3-4-6-18(17)21-13-20(14)22(15)23(16)24(19)21/h3-13H,2H2,1H3.